The van der Waals surface area contributed by atoms with Crippen molar-refractivity contribution in [2.24, 2.45) is 0 Å². The SMILES string of the molecule is Cc1nc(Nc2ccc(N3CCCC3)cc2)cc(N2c3ccccc3CC2C)n1. The number of nitrogens with one attached hydrogen (secondary N) is 1. The molecule has 1 N–H and O–H groups in total. The van der Waals surface area contributed by atoms with Crippen molar-refractivity contribution in [3.8, 4) is 0 Å². The van der Waals surface area contributed by atoms with E-state index in [9.17, 15) is 0 Å². The van der Waals surface area contributed by atoms with Crippen molar-refractivity contribution in [3.63, 3.8) is 0 Å². The molecule has 0 radical (unpaired) electrons. The number of aryl methyl sites for hydroxylation is 1. The van der Waals surface area contributed by atoms with Gasteiger partial charge in [0.15, 0.2) is 0 Å². The Kier molecular flexibility index (Phi) is 4.58. The molecule has 1 atom stereocenters. The van der Waals surface area contributed by atoms with Crippen LogP contribution in [0.25, 0.3) is 0 Å². The summed E-state index contributed by atoms with van der Waals surface area (Å²) in [5.74, 6) is 2.56. The van der Waals surface area contributed by atoms with Crippen LogP contribution in [0.5, 0.6) is 0 Å². The van der Waals surface area contributed by atoms with Gasteiger partial charge in [-0.25, -0.2) is 9.97 Å². The molecule has 1 fully saturated rings. The highest BCUT2D eigenvalue weighted by atomic mass is 15.2. The van der Waals surface area contributed by atoms with Crippen molar-refractivity contribution in [1.82, 2.24) is 9.97 Å². The van der Waals surface area contributed by atoms with Crippen LogP contribution in [0, 0.1) is 6.92 Å². The number of hydrogen-bond acceptors (Lipinski definition) is 5. The first-order valence-corrected chi connectivity index (χ1v) is 10.5. The summed E-state index contributed by atoms with van der Waals surface area (Å²) >= 11 is 0. The lowest BCUT2D eigenvalue weighted by atomic mass is 10.1. The van der Waals surface area contributed by atoms with Crippen LogP contribution in [0.3, 0.4) is 0 Å². The molecule has 2 aromatic carbocycles. The fourth-order valence-corrected chi connectivity index (χ4v) is 4.53. The standard InChI is InChI=1S/C24H27N5/c1-17-15-19-7-3-4-8-22(19)29(17)24-16-23(25-18(2)26-24)27-20-9-11-21(12-10-20)28-13-5-6-14-28/h3-4,7-12,16-17H,5-6,13-15H2,1-2H3,(H,25,26,27). The van der Waals surface area contributed by atoms with Crippen molar-refractivity contribution in [2.75, 3.05) is 28.2 Å². The van der Waals surface area contributed by atoms with E-state index < -0.39 is 0 Å². The Hall–Kier alpha value is -3.08. The monoisotopic (exact) mass is 385 g/mol. The summed E-state index contributed by atoms with van der Waals surface area (Å²) in [7, 11) is 0. The lowest BCUT2D eigenvalue weighted by Gasteiger charge is -2.24. The molecule has 2 aliphatic rings. The molecule has 1 unspecified atom stereocenters. The second kappa shape index (κ2) is 7.39. The molecule has 0 spiro atoms. The highest BCUT2D eigenvalue weighted by Crippen LogP contribution is 2.38. The van der Waals surface area contributed by atoms with E-state index in [1.165, 1.54) is 29.8 Å². The van der Waals surface area contributed by atoms with E-state index in [0.717, 1.165) is 42.7 Å². The predicted molar refractivity (Wildman–Crippen MR) is 120 cm³/mol. The molecule has 1 aromatic heterocycles. The number of fused-ring (bicyclic) bond motifs is 1. The molecule has 5 rings (SSSR count). The number of anilines is 5. The first-order chi connectivity index (χ1) is 14.2. The van der Waals surface area contributed by atoms with Crippen molar-refractivity contribution in [1.29, 1.82) is 0 Å². The molecule has 2 aliphatic heterocycles. The van der Waals surface area contributed by atoms with Gasteiger partial charge in [0.05, 0.1) is 0 Å². The first-order valence-electron chi connectivity index (χ1n) is 10.5. The van der Waals surface area contributed by atoms with Crippen molar-refractivity contribution >= 4 is 28.7 Å². The Bertz CT molecular complexity index is 1010. The van der Waals surface area contributed by atoms with Crippen LogP contribution in [-0.2, 0) is 6.42 Å². The van der Waals surface area contributed by atoms with E-state index in [1.807, 2.05) is 6.92 Å². The quantitative estimate of drug-likeness (QED) is 0.668. The molecular formula is C24H27N5. The van der Waals surface area contributed by atoms with Gasteiger partial charge in [-0.2, -0.15) is 0 Å². The summed E-state index contributed by atoms with van der Waals surface area (Å²) in [6, 6.07) is 19.7. The zero-order valence-corrected chi connectivity index (χ0v) is 17.1. The Balaban J connectivity index is 1.40. The van der Waals surface area contributed by atoms with E-state index in [0.29, 0.717) is 6.04 Å². The van der Waals surface area contributed by atoms with Crippen LogP contribution in [0.4, 0.5) is 28.7 Å². The summed E-state index contributed by atoms with van der Waals surface area (Å²) in [4.78, 5) is 14.1. The van der Waals surface area contributed by atoms with Gasteiger partial charge in [-0.3, -0.25) is 0 Å². The number of benzene rings is 2. The van der Waals surface area contributed by atoms with Crippen LogP contribution in [0.1, 0.15) is 31.2 Å². The molecule has 5 nitrogen and oxygen atoms in total. The summed E-state index contributed by atoms with van der Waals surface area (Å²) in [5.41, 5.74) is 4.98. The van der Waals surface area contributed by atoms with Crippen LogP contribution < -0.4 is 15.1 Å². The minimum absolute atomic E-state index is 0.384. The molecule has 3 heterocycles. The summed E-state index contributed by atoms with van der Waals surface area (Å²) in [6.07, 6.45) is 3.63. The fraction of sp³-hybridized carbons (Fsp3) is 0.333. The number of nitrogens with zero attached hydrogens (tertiary/aromatic N) is 4. The Labute approximate surface area is 172 Å². The molecular weight excluding hydrogens is 358 g/mol. The molecule has 29 heavy (non-hydrogen) atoms. The van der Waals surface area contributed by atoms with Gasteiger partial charge in [-0.05, 0) is 69.0 Å². The Morgan fingerprint density at radius 2 is 1.72 bits per heavy atom. The molecule has 5 heteroatoms. The van der Waals surface area contributed by atoms with Crippen LogP contribution in [-0.4, -0.2) is 29.1 Å². The van der Waals surface area contributed by atoms with Crippen LogP contribution in [0.15, 0.2) is 54.6 Å². The highest BCUT2D eigenvalue weighted by Gasteiger charge is 2.28. The van der Waals surface area contributed by atoms with Crippen molar-refractivity contribution in [3.05, 3.63) is 66.0 Å². The average molecular weight is 386 g/mol. The number of rotatable bonds is 4. The Morgan fingerprint density at radius 1 is 0.966 bits per heavy atom. The number of aromatic nitrogens is 2. The molecule has 1 saturated heterocycles. The second-order valence-electron chi connectivity index (χ2n) is 8.08. The van der Waals surface area contributed by atoms with Gasteiger partial charge >= 0.3 is 0 Å². The molecule has 0 bridgehead atoms. The van der Waals surface area contributed by atoms with E-state index >= 15 is 0 Å². The summed E-state index contributed by atoms with van der Waals surface area (Å²) in [6.45, 7) is 6.53. The van der Waals surface area contributed by atoms with Crippen LogP contribution >= 0.6 is 0 Å². The van der Waals surface area contributed by atoms with E-state index in [4.69, 9.17) is 4.98 Å². The maximum absolute atomic E-state index is 4.74. The largest absolute Gasteiger partial charge is 0.372 e. The van der Waals surface area contributed by atoms with Crippen molar-refractivity contribution < 1.29 is 0 Å². The van der Waals surface area contributed by atoms with Crippen LogP contribution in [0.2, 0.25) is 0 Å². The van der Waals surface area contributed by atoms with Gasteiger partial charge in [0.25, 0.3) is 0 Å². The number of hydrogen-bond donors (Lipinski definition) is 1. The van der Waals surface area contributed by atoms with Gasteiger partial charge in [0.1, 0.15) is 17.5 Å². The highest BCUT2D eigenvalue weighted by molar-refractivity contribution is 5.71. The lowest BCUT2D eigenvalue weighted by molar-refractivity contribution is 0.747. The fourth-order valence-electron chi connectivity index (χ4n) is 4.53. The minimum atomic E-state index is 0.384. The maximum atomic E-state index is 4.74. The normalized spacial score (nSPS) is 18.2. The van der Waals surface area contributed by atoms with Gasteiger partial charge in [-0.15, -0.1) is 0 Å². The smallest absolute Gasteiger partial charge is 0.139 e. The first kappa shape index (κ1) is 18.0. The van der Waals surface area contributed by atoms with Gasteiger partial charge < -0.3 is 15.1 Å². The van der Waals surface area contributed by atoms with Gasteiger partial charge in [-0.1, -0.05) is 18.2 Å². The molecule has 0 amide bonds. The molecule has 0 saturated carbocycles. The third-order valence-corrected chi connectivity index (χ3v) is 5.89. The second-order valence-corrected chi connectivity index (χ2v) is 8.08. The zero-order chi connectivity index (χ0) is 19.8. The average Bonchev–Trinajstić information content (AvgIpc) is 3.35. The molecule has 0 aliphatic carbocycles. The lowest BCUT2D eigenvalue weighted by Crippen LogP contribution is -2.25. The predicted octanol–water partition coefficient (Wildman–Crippen LogP) is 5.21. The summed E-state index contributed by atoms with van der Waals surface area (Å²) < 4.78 is 0. The minimum Gasteiger partial charge on any atom is -0.372 e. The zero-order valence-electron chi connectivity index (χ0n) is 17.1. The molecule has 3 aromatic rings. The van der Waals surface area contributed by atoms with Gasteiger partial charge in [0, 0.05) is 42.3 Å². The molecule has 148 valence electrons. The third-order valence-electron chi connectivity index (χ3n) is 5.89. The van der Waals surface area contributed by atoms with Gasteiger partial charge in [0.2, 0.25) is 0 Å². The Morgan fingerprint density at radius 3 is 2.52 bits per heavy atom. The topological polar surface area (TPSA) is 44.3 Å². The van der Waals surface area contributed by atoms with E-state index in [-0.39, 0.29) is 0 Å². The van der Waals surface area contributed by atoms with E-state index in [1.54, 1.807) is 0 Å². The maximum Gasteiger partial charge on any atom is 0.139 e. The van der Waals surface area contributed by atoms with Crippen molar-refractivity contribution in [2.45, 2.75) is 39.2 Å². The third kappa shape index (κ3) is 3.53. The number of para-hydroxylation sites is 1. The summed E-state index contributed by atoms with van der Waals surface area (Å²) in [5, 5.41) is 3.47. The van der Waals surface area contributed by atoms with E-state index in [2.05, 4.69) is 81.6 Å².